The molecule has 0 radical (unpaired) electrons. The number of anilines is 1. The van der Waals surface area contributed by atoms with Gasteiger partial charge in [-0.3, -0.25) is 4.90 Å². The number of rotatable bonds is 4. The Hall–Kier alpha value is -1.41. The van der Waals surface area contributed by atoms with Crippen LogP contribution in [0.3, 0.4) is 0 Å². The summed E-state index contributed by atoms with van der Waals surface area (Å²) in [5, 5.41) is 10.9. The normalized spacial score (nSPS) is 22.7. The molecule has 9 heteroatoms. The van der Waals surface area contributed by atoms with Crippen molar-refractivity contribution in [2.45, 2.75) is 32.4 Å². The summed E-state index contributed by atoms with van der Waals surface area (Å²) < 4.78 is 27.5. The van der Waals surface area contributed by atoms with Gasteiger partial charge in [0.15, 0.2) is 12.1 Å². The second-order valence-corrected chi connectivity index (χ2v) is 7.94. The molecule has 1 fully saturated rings. The van der Waals surface area contributed by atoms with Crippen LogP contribution in [0.1, 0.15) is 19.8 Å². The first-order chi connectivity index (χ1) is 12.8. The molecule has 3 rings (SSSR count). The number of alkyl halides is 2. The third-order valence-corrected chi connectivity index (χ3v) is 6.02. The second-order valence-electron chi connectivity index (χ2n) is 7.15. The van der Waals surface area contributed by atoms with Crippen molar-refractivity contribution < 1.29 is 13.9 Å². The van der Waals surface area contributed by atoms with Crippen LogP contribution in [0.15, 0.2) is 35.1 Å². The van der Waals surface area contributed by atoms with E-state index in [1.807, 2.05) is 4.90 Å². The number of aliphatic imine (C=N–C) groups is 1. The lowest BCUT2D eigenvalue weighted by Crippen LogP contribution is -2.48. The van der Waals surface area contributed by atoms with Crippen molar-refractivity contribution in [2.75, 3.05) is 24.5 Å². The molecule has 148 valence electrons. The Morgan fingerprint density at radius 2 is 2.00 bits per heavy atom. The molecule has 3 N–H and O–H groups in total. The quantitative estimate of drug-likeness (QED) is 0.782. The van der Waals surface area contributed by atoms with Crippen LogP contribution in [0.25, 0.3) is 0 Å². The summed E-state index contributed by atoms with van der Waals surface area (Å²) in [6, 6.07) is 4.64. The highest BCUT2D eigenvalue weighted by Crippen LogP contribution is 2.37. The van der Waals surface area contributed by atoms with Gasteiger partial charge in [0.1, 0.15) is 5.82 Å². The van der Waals surface area contributed by atoms with Gasteiger partial charge in [0, 0.05) is 19.2 Å². The van der Waals surface area contributed by atoms with E-state index in [1.54, 1.807) is 12.1 Å². The molecule has 2 aliphatic rings. The van der Waals surface area contributed by atoms with Crippen LogP contribution < -0.4 is 10.6 Å². The fourth-order valence-electron chi connectivity index (χ4n) is 3.31. The van der Waals surface area contributed by atoms with Crippen molar-refractivity contribution in [3.05, 3.63) is 40.1 Å². The number of halogens is 4. The Labute approximate surface area is 167 Å². The SMILES string of the molecule is CC1(CN)CCN(C2=CC(O)N(c3cccc(Cl)c3Cl)C(C(F)F)=N2)CC1. The molecule has 0 aromatic heterocycles. The second kappa shape index (κ2) is 7.91. The van der Waals surface area contributed by atoms with Gasteiger partial charge in [-0.1, -0.05) is 36.2 Å². The fourth-order valence-corrected chi connectivity index (χ4v) is 3.69. The molecule has 0 bridgehead atoms. The Morgan fingerprint density at radius 1 is 1.33 bits per heavy atom. The van der Waals surface area contributed by atoms with Crippen LogP contribution >= 0.6 is 23.2 Å². The Bertz CT molecular complexity index is 764. The molecule has 0 saturated carbocycles. The van der Waals surface area contributed by atoms with Gasteiger partial charge < -0.3 is 15.7 Å². The van der Waals surface area contributed by atoms with Gasteiger partial charge in [-0.2, -0.15) is 0 Å². The lowest BCUT2D eigenvalue weighted by molar-refractivity contribution is 0.144. The zero-order chi connectivity index (χ0) is 19.8. The Balaban J connectivity index is 1.90. The fraction of sp³-hybridized carbons (Fsp3) is 0.500. The van der Waals surface area contributed by atoms with E-state index >= 15 is 0 Å². The minimum absolute atomic E-state index is 0.0416. The molecule has 1 unspecified atom stereocenters. The van der Waals surface area contributed by atoms with Gasteiger partial charge >= 0.3 is 0 Å². The molecule has 1 aromatic carbocycles. The zero-order valence-corrected chi connectivity index (χ0v) is 16.4. The lowest BCUT2D eigenvalue weighted by Gasteiger charge is -2.41. The lowest BCUT2D eigenvalue weighted by atomic mass is 9.80. The van der Waals surface area contributed by atoms with E-state index in [0.717, 1.165) is 17.7 Å². The van der Waals surface area contributed by atoms with E-state index in [1.165, 1.54) is 12.1 Å². The number of aliphatic hydroxyl groups is 1. The minimum atomic E-state index is -2.89. The van der Waals surface area contributed by atoms with Gasteiger partial charge in [-0.25, -0.2) is 13.8 Å². The number of hydrogen-bond donors (Lipinski definition) is 2. The van der Waals surface area contributed by atoms with Crippen LogP contribution in [0.5, 0.6) is 0 Å². The number of hydrogen-bond acceptors (Lipinski definition) is 5. The van der Waals surface area contributed by atoms with E-state index in [0.29, 0.717) is 25.5 Å². The smallest absolute Gasteiger partial charge is 0.295 e. The van der Waals surface area contributed by atoms with Crippen molar-refractivity contribution in [3.8, 4) is 0 Å². The van der Waals surface area contributed by atoms with Crippen molar-refractivity contribution in [3.63, 3.8) is 0 Å². The van der Waals surface area contributed by atoms with E-state index < -0.39 is 18.5 Å². The van der Waals surface area contributed by atoms with Crippen LogP contribution in [0.2, 0.25) is 10.0 Å². The van der Waals surface area contributed by atoms with E-state index in [9.17, 15) is 13.9 Å². The van der Waals surface area contributed by atoms with Gasteiger partial charge in [0.05, 0.1) is 15.7 Å². The average molecular weight is 419 g/mol. The monoisotopic (exact) mass is 418 g/mol. The molecule has 0 amide bonds. The molecule has 2 heterocycles. The molecule has 1 saturated heterocycles. The van der Waals surface area contributed by atoms with Crippen LogP contribution in [-0.4, -0.2) is 48.1 Å². The third kappa shape index (κ3) is 4.06. The number of aliphatic hydroxyl groups excluding tert-OH is 1. The minimum Gasteiger partial charge on any atom is -0.369 e. The number of likely N-dealkylation sites (tertiary alicyclic amines) is 1. The van der Waals surface area contributed by atoms with Gasteiger partial charge in [0.2, 0.25) is 0 Å². The number of piperidine rings is 1. The van der Waals surface area contributed by atoms with Gasteiger partial charge in [-0.15, -0.1) is 0 Å². The highest BCUT2D eigenvalue weighted by molar-refractivity contribution is 6.44. The summed E-state index contributed by atoms with van der Waals surface area (Å²) in [5.41, 5.74) is 6.05. The van der Waals surface area contributed by atoms with Gasteiger partial charge in [-0.05, 0) is 36.9 Å². The standard InChI is InChI=1S/C18H22Cl2F2N4O/c1-18(10-23)5-7-25(8-6-18)13-9-14(27)26(17(24-13)16(21)22)12-4-2-3-11(19)15(12)20/h2-4,9,14,16,27H,5-8,10,23H2,1H3. The molecule has 1 aromatic rings. The molecule has 2 aliphatic heterocycles. The van der Waals surface area contributed by atoms with Crippen molar-refractivity contribution >= 4 is 34.7 Å². The maximum absolute atomic E-state index is 13.8. The first-order valence-corrected chi connectivity index (χ1v) is 9.46. The van der Waals surface area contributed by atoms with E-state index in [2.05, 4.69) is 11.9 Å². The topological polar surface area (TPSA) is 65.1 Å². The summed E-state index contributed by atoms with van der Waals surface area (Å²) in [7, 11) is 0. The molecule has 27 heavy (non-hydrogen) atoms. The summed E-state index contributed by atoms with van der Waals surface area (Å²) in [4.78, 5) is 7.06. The van der Waals surface area contributed by atoms with Crippen molar-refractivity contribution in [2.24, 2.45) is 16.1 Å². The maximum atomic E-state index is 13.8. The molecular weight excluding hydrogens is 397 g/mol. The highest BCUT2D eigenvalue weighted by Gasteiger charge is 2.36. The molecule has 1 atom stereocenters. The van der Waals surface area contributed by atoms with Gasteiger partial charge in [0.25, 0.3) is 6.43 Å². The maximum Gasteiger partial charge on any atom is 0.295 e. The Morgan fingerprint density at radius 3 is 2.59 bits per heavy atom. The van der Waals surface area contributed by atoms with Crippen molar-refractivity contribution in [1.82, 2.24) is 4.90 Å². The Kier molecular flexibility index (Phi) is 5.96. The first kappa shape index (κ1) is 20.3. The van der Waals surface area contributed by atoms with E-state index in [-0.39, 0.29) is 21.1 Å². The summed E-state index contributed by atoms with van der Waals surface area (Å²) in [6.07, 6.45) is -1.10. The molecule has 0 aliphatic carbocycles. The predicted octanol–water partition coefficient (Wildman–Crippen LogP) is 3.70. The van der Waals surface area contributed by atoms with E-state index in [4.69, 9.17) is 28.9 Å². The highest BCUT2D eigenvalue weighted by atomic mass is 35.5. The van der Waals surface area contributed by atoms with Crippen molar-refractivity contribution in [1.29, 1.82) is 0 Å². The van der Waals surface area contributed by atoms with Crippen LogP contribution in [0.4, 0.5) is 14.5 Å². The average Bonchev–Trinajstić information content (AvgIpc) is 2.64. The number of benzene rings is 1. The summed E-state index contributed by atoms with van der Waals surface area (Å²) in [5.74, 6) is -0.220. The number of nitrogens with zero attached hydrogens (tertiary/aromatic N) is 3. The third-order valence-electron chi connectivity index (χ3n) is 5.21. The zero-order valence-electron chi connectivity index (χ0n) is 14.9. The molecule has 0 spiro atoms. The largest absolute Gasteiger partial charge is 0.369 e. The van der Waals surface area contributed by atoms with Crippen LogP contribution in [0, 0.1) is 5.41 Å². The molecular formula is C18H22Cl2F2N4O. The number of nitrogens with two attached hydrogens (primary N) is 1. The number of amidine groups is 1. The van der Waals surface area contributed by atoms with Crippen LogP contribution in [-0.2, 0) is 0 Å². The molecule has 5 nitrogen and oxygen atoms in total. The summed E-state index contributed by atoms with van der Waals surface area (Å²) in [6.45, 7) is 3.98. The predicted molar refractivity (Wildman–Crippen MR) is 104 cm³/mol. The summed E-state index contributed by atoms with van der Waals surface area (Å²) >= 11 is 12.2. The first-order valence-electron chi connectivity index (χ1n) is 8.70.